The summed E-state index contributed by atoms with van der Waals surface area (Å²) in [5, 5.41) is 2.35. The van der Waals surface area contributed by atoms with E-state index in [2.05, 4.69) is 15.0 Å². The van der Waals surface area contributed by atoms with E-state index in [1.54, 1.807) is 0 Å². The number of amides is 2. The fraction of sp³-hybridized carbons (Fsp3) is 0.364. The molecule has 20 heavy (non-hydrogen) atoms. The Kier molecular flexibility index (Phi) is 4.72. The Hall–Kier alpha value is -1.90. The van der Waals surface area contributed by atoms with Crippen molar-refractivity contribution in [1.29, 1.82) is 0 Å². The number of anilines is 1. The van der Waals surface area contributed by atoms with Gasteiger partial charge in [0.2, 0.25) is 11.8 Å². The standard InChI is InChI=1S/C11H11F2N3O3S/c12-11(13)19-7-2-1-3-14-10(7)15-8(17)4-16-6-20-5-9(16)18/h1-3,11H,4-6H2,(H,14,15,17). The van der Waals surface area contributed by atoms with Crippen molar-refractivity contribution in [3.63, 3.8) is 0 Å². The van der Waals surface area contributed by atoms with Gasteiger partial charge in [0.25, 0.3) is 0 Å². The van der Waals surface area contributed by atoms with Gasteiger partial charge in [-0.3, -0.25) is 9.59 Å². The summed E-state index contributed by atoms with van der Waals surface area (Å²) >= 11 is 1.41. The second-order valence-corrected chi connectivity index (χ2v) is 4.80. The lowest BCUT2D eigenvalue weighted by molar-refractivity contribution is -0.130. The van der Waals surface area contributed by atoms with Gasteiger partial charge < -0.3 is 15.0 Å². The van der Waals surface area contributed by atoms with Gasteiger partial charge in [0, 0.05) is 6.20 Å². The highest BCUT2D eigenvalue weighted by Crippen LogP contribution is 2.23. The maximum Gasteiger partial charge on any atom is 0.387 e. The summed E-state index contributed by atoms with van der Waals surface area (Å²) < 4.78 is 28.6. The number of halogens is 2. The summed E-state index contributed by atoms with van der Waals surface area (Å²) in [6, 6.07) is 2.68. The van der Waals surface area contributed by atoms with Crippen molar-refractivity contribution in [2.24, 2.45) is 0 Å². The van der Waals surface area contributed by atoms with Crippen LogP contribution in [0.15, 0.2) is 18.3 Å². The lowest BCUT2D eigenvalue weighted by atomic mass is 10.4. The van der Waals surface area contributed by atoms with Gasteiger partial charge in [-0.05, 0) is 12.1 Å². The van der Waals surface area contributed by atoms with E-state index in [1.165, 1.54) is 35.0 Å². The van der Waals surface area contributed by atoms with Crippen LogP contribution >= 0.6 is 11.8 Å². The van der Waals surface area contributed by atoms with Crippen molar-refractivity contribution >= 4 is 29.4 Å². The van der Waals surface area contributed by atoms with E-state index in [4.69, 9.17) is 0 Å². The molecule has 0 spiro atoms. The van der Waals surface area contributed by atoms with Crippen LogP contribution in [0, 0.1) is 0 Å². The topological polar surface area (TPSA) is 71.5 Å². The molecular formula is C11H11F2N3O3S. The molecule has 6 nitrogen and oxygen atoms in total. The molecule has 1 fully saturated rings. The summed E-state index contributed by atoms with van der Waals surface area (Å²) in [5.41, 5.74) is 0. The molecule has 0 unspecified atom stereocenters. The molecule has 0 saturated carbocycles. The van der Waals surface area contributed by atoms with Crippen molar-refractivity contribution < 1.29 is 23.1 Å². The Bertz CT molecular complexity index is 515. The number of carbonyl (C=O) groups is 2. The number of nitrogens with zero attached hydrogens (tertiary/aromatic N) is 2. The van der Waals surface area contributed by atoms with Gasteiger partial charge in [-0.1, -0.05) is 0 Å². The van der Waals surface area contributed by atoms with Gasteiger partial charge in [0.1, 0.15) is 6.54 Å². The van der Waals surface area contributed by atoms with Crippen LogP contribution in [0.4, 0.5) is 14.6 Å². The zero-order chi connectivity index (χ0) is 14.5. The smallest absolute Gasteiger partial charge is 0.387 e. The Morgan fingerprint density at radius 1 is 1.60 bits per heavy atom. The van der Waals surface area contributed by atoms with E-state index < -0.39 is 12.5 Å². The molecule has 1 aliphatic rings. The van der Waals surface area contributed by atoms with Gasteiger partial charge in [-0.25, -0.2) is 4.98 Å². The van der Waals surface area contributed by atoms with Crippen LogP contribution in [0.5, 0.6) is 5.75 Å². The van der Waals surface area contributed by atoms with Crippen LogP contribution in [0.2, 0.25) is 0 Å². The molecule has 0 aromatic carbocycles. The molecule has 2 amide bonds. The van der Waals surface area contributed by atoms with Crippen LogP contribution in [-0.4, -0.2) is 46.5 Å². The summed E-state index contributed by atoms with van der Waals surface area (Å²) in [4.78, 5) is 28.3. The molecular weight excluding hydrogens is 292 g/mol. The molecule has 1 aliphatic heterocycles. The Labute approximate surface area is 117 Å². The zero-order valence-electron chi connectivity index (χ0n) is 10.2. The van der Waals surface area contributed by atoms with Gasteiger partial charge >= 0.3 is 6.61 Å². The summed E-state index contributed by atoms with van der Waals surface area (Å²) in [6.07, 6.45) is 1.34. The SMILES string of the molecule is O=C(CN1CSCC1=O)Nc1ncccc1OC(F)F. The normalized spacial score (nSPS) is 14.8. The zero-order valence-corrected chi connectivity index (χ0v) is 11.0. The molecule has 1 saturated heterocycles. The molecule has 1 N–H and O–H groups in total. The average molecular weight is 303 g/mol. The van der Waals surface area contributed by atoms with Crippen molar-refractivity contribution in [3.8, 4) is 5.75 Å². The van der Waals surface area contributed by atoms with Crippen molar-refractivity contribution in [2.45, 2.75) is 6.61 Å². The van der Waals surface area contributed by atoms with E-state index in [1.807, 2.05) is 0 Å². The van der Waals surface area contributed by atoms with Crippen molar-refractivity contribution in [1.82, 2.24) is 9.88 Å². The van der Waals surface area contributed by atoms with Crippen molar-refractivity contribution in [2.75, 3.05) is 23.5 Å². The first-order chi connectivity index (χ1) is 9.56. The molecule has 1 aromatic rings. The minimum Gasteiger partial charge on any atom is -0.431 e. The molecule has 0 aliphatic carbocycles. The number of rotatable bonds is 5. The Morgan fingerprint density at radius 3 is 3.05 bits per heavy atom. The monoisotopic (exact) mass is 303 g/mol. The molecule has 1 aromatic heterocycles. The van der Waals surface area contributed by atoms with E-state index >= 15 is 0 Å². The largest absolute Gasteiger partial charge is 0.431 e. The third-order valence-corrected chi connectivity index (χ3v) is 3.35. The lowest BCUT2D eigenvalue weighted by Crippen LogP contribution is -2.34. The highest BCUT2D eigenvalue weighted by Gasteiger charge is 2.23. The molecule has 0 atom stereocenters. The van der Waals surface area contributed by atoms with Crippen LogP contribution < -0.4 is 10.1 Å². The molecule has 0 bridgehead atoms. The van der Waals surface area contributed by atoms with E-state index in [0.717, 1.165) is 0 Å². The number of thioether (sulfide) groups is 1. The number of alkyl halides is 2. The van der Waals surface area contributed by atoms with Gasteiger partial charge in [-0.2, -0.15) is 8.78 Å². The molecule has 2 rings (SSSR count). The Morgan fingerprint density at radius 2 is 2.40 bits per heavy atom. The first kappa shape index (κ1) is 14.5. The number of hydrogen-bond donors (Lipinski definition) is 1. The fourth-order valence-corrected chi connectivity index (χ4v) is 2.46. The minimum atomic E-state index is -3.01. The maximum absolute atomic E-state index is 12.2. The van der Waals surface area contributed by atoms with E-state index in [-0.39, 0.29) is 24.0 Å². The third kappa shape index (κ3) is 3.80. The summed E-state index contributed by atoms with van der Waals surface area (Å²) in [6.45, 7) is -3.15. The summed E-state index contributed by atoms with van der Waals surface area (Å²) in [5.74, 6) is -0.185. The number of ether oxygens (including phenoxy) is 1. The fourth-order valence-electron chi connectivity index (χ4n) is 1.56. The third-order valence-electron chi connectivity index (χ3n) is 2.40. The molecule has 9 heteroatoms. The van der Waals surface area contributed by atoms with E-state index in [0.29, 0.717) is 11.6 Å². The summed E-state index contributed by atoms with van der Waals surface area (Å²) in [7, 11) is 0. The Balaban J connectivity index is 1.98. The quantitative estimate of drug-likeness (QED) is 0.883. The number of aromatic nitrogens is 1. The van der Waals surface area contributed by atoms with Crippen molar-refractivity contribution in [3.05, 3.63) is 18.3 Å². The van der Waals surface area contributed by atoms with Crippen LogP contribution in [0.1, 0.15) is 0 Å². The number of hydrogen-bond acceptors (Lipinski definition) is 5. The van der Waals surface area contributed by atoms with E-state index in [9.17, 15) is 18.4 Å². The molecule has 0 radical (unpaired) electrons. The van der Waals surface area contributed by atoms with Gasteiger partial charge in [0.05, 0.1) is 11.6 Å². The van der Waals surface area contributed by atoms with Crippen LogP contribution in [0.3, 0.4) is 0 Å². The predicted molar refractivity (Wildman–Crippen MR) is 68.5 cm³/mol. The second kappa shape index (κ2) is 6.51. The molecule has 2 heterocycles. The first-order valence-corrected chi connectivity index (χ1v) is 6.77. The second-order valence-electron chi connectivity index (χ2n) is 3.85. The highest BCUT2D eigenvalue weighted by atomic mass is 32.2. The highest BCUT2D eigenvalue weighted by molar-refractivity contribution is 8.00. The number of carbonyl (C=O) groups excluding carboxylic acids is 2. The number of nitrogens with one attached hydrogen (secondary N) is 1. The number of pyridine rings is 1. The van der Waals surface area contributed by atoms with Crippen LogP contribution in [0.25, 0.3) is 0 Å². The average Bonchev–Trinajstić information content (AvgIpc) is 2.77. The van der Waals surface area contributed by atoms with Gasteiger partial charge in [0.15, 0.2) is 11.6 Å². The van der Waals surface area contributed by atoms with Gasteiger partial charge in [-0.15, -0.1) is 11.8 Å². The molecule has 108 valence electrons. The minimum absolute atomic E-state index is 0.0999. The maximum atomic E-state index is 12.2. The predicted octanol–water partition coefficient (Wildman–Crippen LogP) is 1.15. The first-order valence-electron chi connectivity index (χ1n) is 5.61. The van der Waals surface area contributed by atoms with Crippen LogP contribution in [-0.2, 0) is 9.59 Å². The lowest BCUT2D eigenvalue weighted by Gasteiger charge is -2.15.